The Morgan fingerprint density at radius 1 is 0.773 bits per heavy atom. The van der Waals surface area contributed by atoms with Crippen molar-refractivity contribution in [2.24, 2.45) is 0 Å². The number of rotatable bonds is 3. The number of ether oxygens (including phenoxy) is 1. The van der Waals surface area contributed by atoms with E-state index in [1.54, 1.807) is 40.8 Å². The molecule has 110 valence electrons. The Balaban J connectivity index is 1.83. The zero-order valence-electron chi connectivity index (χ0n) is 12.0. The van der Waals surface area contributed by atoms with Gasteiger partial charge in [0, 0.05) is 22.0 Å². The van der Waals surface area contributed by atoms with Crippen molar-refractivity contribution in [2.45, 2.75) is 0 Å². The zero-order valence-corrected chi connectivity index (χ0v) is 13.6. The largest absolute Gasteiger partial charge is 0.497 e. The van der Waals surface area contributed by atoms with Crippen molar-refractivity contribution in [3.05, 3.63) is 77.9 Å². The average molecular weight is 326 g/mol. The highest BCUT2D eigenvalue weighted by atomic mass is 33.1. The minimum absolute atomic E-state index is 0.0159. The van der Waals surface area contributed by atoms with Crippen LogP contribution in [0.3, 0.4) is 0 Å². The second-order valence-corrected chi connectivity index (χ2v) is 6.89. The van der Waals surface area contributed by atoms with Crippen LogP contribution in [0, 0.1) is 0 Å². The van der Waals surface area contributed by atoms with E-state index in [0.717, 1.165) is 26.7 Å². The Hall–Kier alpha value is -1.91. The molecule has 1 heterocycles. The lowest BCUT2D eigenvalue weighted by molar-refractivity contribution is -0.110. The van der Waals surface area contributed by atoms with Crippen molar-refractivity contribution in [3.8, 4) is 5.75 Å². The van der Waals surface area contributed by atoms with Crippen LogP contribution in [0.4, 0.5) is 0 Å². The van der Waals surface area contributed by atoms with E-state index in [4.69, 9.17) is 4.74 Å². The standard InChI is InChI=1S/C18H14O2S2/c1-20-16-9-7-14(8-10-16)18-12-15(19)11-17(21-22-18)13-5-3-2-4-6-13/h2-12H,1H3. The molecule has 0 radical (unpaired) electrons. The highest BCUT2D eigenvalue weighted by Gasteiger charge is 2.14. The maximum Gasteiger partial charge on any atom is 0.180 e. The Labute approximate surface area is 137 Å². The van der Waals surface area contributed by atoms with Gasteiger partial charge in [0.2, 0.25) is 0 Å². The molecule has 0 N–H and O–H groups in total. The number of methoxy groups -OCH3 is 1. The van der Waals surface area contributed by atoms with Crippen LogP contribution < -0.4 is 4.74 Å². The van der Waals surface area contributed by atoms with Crippen molar-refractivity contribution < 1.29 is 9.53 Å². The Bertz CT molecular complexity index is 731. The highest BCUT2D eigenvalue weighted by molar-refractivity contribution is 8.83. The van der Waals surface area contributed by atoms with Crippen LogP contribution in [0.1, 0.15) is 11.1 Å². The van der Waals surface area contributed by atoms with Crippen LogP contribution in [0.2, 0.25) is 0 Å². The number of hydrogen-bond acceptors (Lipinski definition) is 4. The summed E-state index contributed by atoms with van der Waals surface area (Å²) >= 11 is 0. The van der Waals surface area contributed by atoms with Gasteiger partial charge in [0.15, 0.2) is 5.78 Å². The number of hydrogen-bond donors (Lipinski definition) is 0. The molecule has 2 aromatic carbocycles. The van der Waals surface area contributed by atoms with Gasteiger partial charge in [-0.1, -0.05) is 64.1 Å². The van der Waals surface area contributed by atoms with E-state index in [9.17, 15) is 4.79 Å². The van der Waals surface area contributed by atoms with Crippen molar-refractivity contribution in [2.75, 3.05) is 7.11 Å². The summed E-state index contributed by atoms with van der Waals surface area (Å²) in [5.74, 6) is 0.826. The third-order valence-electron chi connectivity index (χ3n) is 3.20. The van der Waals surface area contributed by atoms with E-state index in [1.807, 2.05) is 54.6 Å². The highest BCUT2D eigenvalue weighted by Crippen LogP contribution is 2.46. The summed E-state index contributed by atoms with van der Waals surface area (Å²) < 4.78 is 5.17. The normalized spacial score (nSPS) is 14.9. The summed E-state index contributed by atoms with van der Waals surface area (Å²) in [4.78, 5) is 14.1. The zero-order chi connectivity index (χ0) is 15.4. The Morgan fingerprint density at radius 3 is 1.86 bits per heavy atom. The molecule has 0 spiro atoms. The summed E-state index contributed by atoms with van der Waals surface area (Å²) in [7, 11) is 4.86. The first-order valence-electron chi connectivity index (χ1n) is 6.78. The summed E-state index contributed by atoms with van der Waals surface area (Å²) in [6, 6.07) is 17.7. The van der Waals surface area contributed by atoms with Gasteiger partial charge in [-0.2, -0.15) is 0 Å². The van der Waals surface area contributed by atoms with Gasteiger partial charge in [-0.15, -0.1) is 0 Å². The van der Waals surface area contributed by atoms with Crippen molar-refractivity contribution in [3.63, 3.8) is 0 Å². The minimum atomic E-state index is 0.0159. The van der Waals surface area contributed by atoms with Crippen LogP contribution in [0.15, 0.2) is 66.7 Å². The fraction of sp³-hybridized carbons (Fsp3) is 0.0556. The lowest BCUT2D eigenvalue weighted by atomic mass is 10.1. The SMILES string of the molecule is COc1ccc(C2=CC(=O)C=C(c3ccccc3)SS2)cc1. The van der Waals surface area contributed by atoms with Crippen LogP contribution in [0.5, 0.6) is 5.75 Å². The molecule has 0 saturated heterocycles. The first-order chi connectivity index (χ1) is 10.8. The number of carbonyl (C=O) groups excluding carboxylic acids is 1. The monoisotopic (exact) mass is 326 g/mol. The van der Waals surface area contributed by atoms with Crippen LogP contribution >= 0.6 is 21.6 Å². The van der Waals surface area contributed by atoms with Gasteiger partial charge >= 0.3 is 0 Å². The number of carbonyl (C=O) groups is 1. The second-order valence-electron chi connectivity index (χ2n) is 4.68. The number of allylic oxidation sites excluding steroid dienone is 2. The van der Waals surface area contributed by atoms with Gasteiger partial charge in [0.1, 0.15) is 5.75 Å². The van der Waals surface area contributed by atoms with E-state index in [0.29, 0.717) is 0 Å². The first kappa shape index (κ1) is 15.0. The summed E-state index contributed by atoms with van der Waals surface area (Å²) in [6.07, 6.45) is 3.39. The molecular formula is C18H14O2S2. The smallest absolute Gasteiger partial charge is 0.180 e. The molecule has 2 aromatic rings. The van der Waals surface area contributed by atoms with Crippen LogP contribution in [0.25, 0.3) is 9.81 Å². The van der Waals surface area contributed by atoms with Crippen molar-refractivity contribution in [1.29, 1.82) is 0 Å². The molecule has 0 saturated carbocycles. The van der Waals surface area contributed by atoms with E-state index in [-0.39, 0.29) is 5.78 Å². The predicted octanol–water partition coefficient (Wildman–Crippen LogP) is 5.04. The van der Waals surface area contributed by atoms with Gasteiger partial charge in [0.05, 0.1) is 7.11 Å². The van der Waals surface area contributed by atoms with Gasteiger partial charge in [-0.05, 0) is 23.3 Å². The molecule has 3 rings (SSSR count). The predicted molar refractivity (Wildman–Crippen MR) is 95.6 cm³/mol. The van der Waals surface area contributed by atoms with E-state index in [1.165, 1.54) is 0 Å². The van der Waals surface area contributed by atoms with Crippen molar-refractivity contribution in [1.82, 2.24) is 0 Å². The quantitative estimate of drug-likeness (QED) is 0.738. The molecule has 0 amide bonds. The molecule has 1 aliphatic rings. The lowest BCUT2D eigenvalue weighted by Gasteiger charge is -2.07. The van der Waals surface area contributed by atoms with Crippen molar-refractivity contribution >= 4 is 37.2 Å². The maximum atomic E-state index is 12.2. The first-order valence-corrected chi connectivity index (χ1v) is 8.93. The molecule has 0 aliphatic carbocycles. The average Bonchev–Trinajstić information content (AvgIpc) is 2.77. The molecule has 2 nitrogen and oxygen atoms in total. The molecule has 0 aromatic heterocycles. The third-order valence-corrected chi connectivity index (χ3v) is 5.68. The lowest BCUT2D eigenvalue weighted by Crippen LogP contribution is -1.88. The molecule has 0 atom stereocenters. The fourth-order valence-electron chi connectivity index (χ4n) is 2.06. The Kier molecular flexibility index (Phi) is 4.71. The topological polar surface area (TPSA) is 26.3 Å². The van der Waals surface area contributed by atoms with Crippen LogP contribution in [-0.2, 0) is 4.79 Å². The Morgan fingerprint density at radius 2 is 1.32 bits per heavy atom. The van der Waals surface area contributed by atoms with E-state index >= 15 is 0 Å². The molecule has 0 bridgehead atoms. The molecule has 22 heavy (non-hydrogen) atoms. The molecule has 4 heteroatoms. The number of benzene rings is 2. The molecule has 1 aliphatic heterocycles. The minimum Gasteiger partial charge on any atom is -0.497 e. The van der Waals surface area contributed by atoms with Gasteiger partial charge in [-0.3, -0.25) is 4.79 Å². The van der Waals surface area contributed by atoms with Gasteiger partial charge < -0.3 is 4.74 Å². The summed E-state index contributed by atoms with van der Waals surface area (Å²) in [5, 5.41) is 0. The molecule has 0 unspecified atom stereocenters. The van der Waals surface area contributed by atoms with Gasteiger partial charge in [-0.25, -0.2) is 0 Å². The maximum absolute atomic E-state index is 12.2. The van der Waals surface area contributed by atoms with E-state index < -0.39 is 0 Å². The number of ketones is 1. The summed E-state index contributed by atoms with van der Waals surface area (Å²) in [5.41, 5.74) is 2.09. The third kappa shape index (κ3) is 3.46. The summed E-state index contributed by atoms with van der Waals surface area (Å²) in [6.45, 7) is 0. The second kappa shape index (κ2) is 6.90. The molecule has 0 fully saturated rings. The van der Waals surface area contributed by atoms with E-state index in [2.05, 4.69) is 0 Å². The molecular weight excluding hydrogens is 312 g/mol. The van der Waals surface area contributed by atoms with Gasteiger partial charge in [0.25, 0.3) is 0 Å². The fourth-order valence-corrected chi connectivity index (χ4v) is 4.44. The van der Waals surface area contributed by atoms with Crippen LogP contribution in [-0.4, -0.2) is 12.9 Å².